The molecule has 0 fully saturated rings. The van der Waals surface area contributed by atoms with Crippen LogP contribution in [-0.2, 0) is 12.1 Å². The second-order valence-electron chi connectivity index (χ2n) is 6.25. The Labute approximate surface area is 136 Å². The Morgan fingerprint density at radius 1 is 1.17 bits per heavy atom. The summed E-state index contributed by atoms with van der Waals surface area (Å²) in [5.41, 5.74) is 3.75. The largest absolute Gasteiger partial charge is 0.358 e. The summed E-state index contributed by atoms with van der Waals surface area (Å²) in [5.74, 6) is 0.0796. The molecule has 2 aromatic carbocycles. The Kier molecular flexibility index (Phi) is 3.22. The number of benzene rings is 2. The van der Waals surface area contributed by atoms with E-state index in [4.69, 9.17) is 0 Å². The smallest absolute Gasteiger partial charge is 0.258 e. The van der Waals surface area contributed by atoms with E-state index >= 15 is 0 Å². The fourth-order valence-electron chi connectivity index (χ4n) is 3.98. The molecular formula is C20H20N2O. The van der Waals surface area contributed by atoms with Crippen LogP contribution in [-0.4, -0.2) is 17.4 Å². The molecule has 0 bridgehead atoms. The van der Waals surface area contributed by atoms with E-state index in [-0.39, 0.29) is 5.91 Å². The van der Waals surface area contributed by atoms with Crippen LogP contribution < -0.4 is 5.32 Å². The summed E-state index contributed by atoms with van der Waals surface area (Å²) in [6, 6.07) is 16.2. The maximum absolute atomic E-state index is 13.1. The zero-order chi connectivity index (χ0) is 15.9. The fourth-order valence-corrected chi connectivity index (χ4v) is 3.98. The predicted octanol–water partition coefficient (Wildman–Crippen LogP) is 3.93. The number of carbonyl (C=O) groups excluding carboxylic acids is 1. The molecule has 1 heterocycles. The molecule has 1 aliphatic heterocycles. The zero-order valence-corrected chi connectivity index (χ0v) is 13.1. The van der Waals surface area contributed by atoms with Crippen molar-refractivity contribution in [2.24, 2.45) is 0 Å². The van der Waals surface area contributed by atoms with Crippen molar-refractivity contribution in [1.82, 2.24) is 4.90 Å². The number of aryl methyl sites for hydroxylation is 1. The Bertz CT molecular complexity index is 783. The normalized spacial score (nSPS) is 22.3. The molecule has 3 heteroatoms. The number of carbonyl (C=O) groups is 1. The van der Waals surface area contributed by atoms with Gasteiger partial charge in [0.25, 0.3) is 5.91 Å². The van der Waals surface area contributed by atoms with Crippen LogP contribution in [0.15, 0.2) is 61.2 Å². The molecule has 1 amide bonds. The molecule has 1 aliphatic carbocycles. The van der Waals surface area contributed by atoms with E-state index in [9.17, 15) is 4.79 Å². The highest BCUT2D eigenvalue weighted by Crippen LogP contribution is 2.44. The molecule has 2 aliphatic rings. The molecule has 3 nitrogen and oxygen atoms in total. The van der Waals surface area contributed by atoms with Crippen LogP contribution in [0, 0.1) is 0 Å². The number of anilines is 1. The highest BCUT2D eigenvalue weighted by atomic mass is 16.2. The number of hydrogen-bond donors (Lipinski definition) is 1. The van der Waals surface area contributed by atoms with Crippen LogP contribution in [0.4, 0.5) is 5.69 Å². The van der Waals surface area contributed by atoms with Crippen molar-refractivity contribution < 1.29 is 4.79 Å². The lowest BCUT2D eigenvalue weighted by Gasteiger charge is -2.51. The second kappa shape index (κ2) is 5.27. The topological polar surface area (TPSA) is 32.3 Å². The number of hydrogen-bond acceptors (Lipinski definition) is 2. The lowest BCUT2D eigenvalue weighted by atomic mass is 9.79. The van der Waals surface area contributed by atoms with Crippen molar-refractivity contribution in [3.05, 3.63) is 77.9 Å². The highest BCUT2D eigenvalue weighted by Gasteiger charge is 2.47. The van der Waals surface area contributed by atoms with Gasteiger partial charge in [0.15, 0.2) is 0 Å². The Morgan fingerprint density at radius 2 is 1.96 bits per heavy atom. The number of para-hydroxylation sites is 1. The van der Waals surface area contributed by atoms with E-state index < -0.39 is 5.66 Å². The molecule has 116 valence electrons. The molecule has 1 N–H and O–H groups in total. The minimum absolute atomic E-state index is 0.0796. The molecule has 23 heavy (non-hydrogen) atoms. The van der Waals surface area contributed by atoms with Crippen molar-refractivity contribution >= 4 is 11.6 Å². The minimum Gasteiger partial charge on any atom is -0.358 e. The Balaban J connectivity index is 1.94. The van der Waals surface area contributed by atoms with Gasteiger partial charge in [-0.1, -0.05) is 42.5 Å². The summed E-state index contributed by atoms with van der Waals surface area (Å²) in [7, 11) is 0. The summed E-state index contributed by atoms with van der Waals surface area (Å²) < 4.78 is 0. The first-order valence-electron chi connectivity index (χ1n) is 8.15. The number of fused-ring (bicyclic) bond motifs is 3. The molecule has 4 rings (SSSR count). The quantitative estimate of drug-likeness (QED) is 0.853. The minimum atomic E-state index is -0.464. The van der Waals surface area contributed by atoms with Gasteiger partial charge in [0.05, 0.1) is 5.56 Å². The van der Waals surface area contributed by atoms with Crippen molar-refractivity contribution in [1.29, 1.82) is 0 Å². The first kappa shape index (κ1) is 14.1. The maximum Gasteiger partial charge on any atom is 0.258 e. The van der Waals surface area contributed by atoms with Crippen LogP contribution in [0.2, 0.25) is 0 Å². The van der Waals surface area contributed by atoms with E-state index in [1.54, 1.807) is 0 Å². The van der Waals surface area contributed by atoms with Crippen LogP contribution in [0.3, 0.4) is 0 Å². The van der Waals surface area contributed by atoms with Gasteiger partial charge in [-0.25, -0.2) is 0 Å². The maximum atomic E-state index is 13.1. The van der Waals surface area contributed by atoms with E-state index in [1.807, 2.05) is 35.2 Å². The summed E-state index contributed by atoms with van der Waals surface area (Å²) in [6.45, 7) is 4.39. The van der Waals surface area contributed by atoms with Crippen LogP contribution in [0.25, 0.3) is 0 Å². The number of nitrogens with one attached hydrogen (secondary N) is 1. The average molecular weight is 304 g/mol. The van der Waals surface area contributed by atoms with Gasteiger partial charge in [-0.2, -0.15) is 0 Å². The summed E-state index contributed by atoms with van der Waals surface area (Å²) in [6.07, 6.45) is 4.86. The monoisotopic (exact) mass is 304 g/mol. The number of nitrogens with zero attached hydrogens (tertiary/aromatic N) is 1. The third kappa shape index (κ3) is 2.00. The summed E-state index contributed by atoms with van der Waals surface area (Å²) in [5, 5.41) is 3.69. The van der Waals surface area contributed by atoms with Crippen molar-refractivity contribution in [2.75, 3.05) is 11.9 Å². The number of amides is 1. The first-order valence-corrected chi connectivity index (χ1v) is 8.15. The molecule has 0 saturated carbocycles. The van der Waals surface area contributed by atoms with Crippen molar-refractivity contribution in [3.8, 4) is 0 Å². The predicted molar refractivity (Wildman–Crippen MR) is 92.4 cm³/mol. The Hall–Kier alpha value is -2.55. The van der Waals surface area contributed by atoms with Gasteiger partial charge in [0, 0.05) is 17.8 Å². The molecule has 0 aromatic heterocycles. The lowest BCUT2D eigenvalue weighted by molar-refractivity contribution is 0.0492. The van der Waals surface area contributed by atoms with Crippen LogP contribution >= 0.6 is 0 Å². The molecule has 0 radical (unpaired) electrons. The zero-order valence-electron chi connectivity index (χ0n) is 13.1. The summed E-state index contributed by atoms with van der Waals surface area (Å²) >= 11 is 0. The van der Waals surface area contributed by atoms with Gasteiger partial charge in [-0.3, -0.25) is 4.79 Å². The van der Waals surface area contributed by atoms with Crippen LogP contribution in [0.1, 0.15) is 34.3 Å². The second-order valence-corrected chi connectivity index (χ2v) is 6.25. The van der Waals surface area contributed by atoms with Crippen molar-refractivity contribution in [3.63, 3.8) is 0 Å². The van der Waals surface area contributed by atoms with Gasteiger partial charge in [-0.15, -0.1) is 6.58 Å². The van der Waals surface area contributed by atoms with Gasteiger partial charge in [0.2, 0.25) is 0 Å². The molecule has 1 unspecified atom stereocenters. The van der Waals surface area contributed by atoms with E-state index in [2.05, 4.69) is 36.2 Å². The fraction of sp³-hybridized carbons (Fsp3) is 0.250. The highest BCUT2D eigenvalue weighted by molar-refractivity contribution is 6.02. The van der Waals surface area contributed by atoms with E-state index in [1.165, 1.54) is 11.1 Å². The molecule has 1 atom stereocenters. The van der Waals surface area contributed by atoms with Gasteiger partial charge in [0.1, 0.15) is 5.66 Å². The standard InChI is InChI=1S/C20H20N2O/c1-2-14-22-19(23)16-10-4-6-12-18(16)21-20(22)13-7-9-15-8-3-5-11-17(15)20/h2-6,8,10-12,21H,1,7,9,13-14H2. The molecule has 2 aromatic rings. The SMILES string of the molecule is C=CCN1C(=O)c2ccccc2NC12CCCc1ccccc12. The first-order chi connectivity index (χ1) is 11.3. The van der Waals surface area contributed by atoms with Gasteiger partial charge < -0.3 is 10.2 Å². The van der Waals surface area contributed by atoms with Gasteiger partial charge in [-0.05, 0) is 37.0 Å². The molecule has 1 spiro atoms. The number of rotatable bonds is 2. The van der Waals surface area contributed by atoms with E-state index in [0.717, 1.165) is 30.5 Å². The van der Waals surface area contributed by atoms with Gasteiger partial charge >= 0.3 is 0 Å². The van der Waals surface area contributed by atoms with E-state index in [0.29, 0.717) is 6.54 Å². The van der Waals surface area contributed by atoms with Crippen molar-refractivity contribution in [2.45, 2.75) is 24.9 Å². The third-order valence-electron chi connectivity index (χ3n) is 4.96. The molecular weight excluding hydrogens is 284 g/mol. The summed E-state index contributed by atoms with van der Waals surface area (Å²) in [4.78, 5) is 15.1. The van der Waals surface area contributed by atoms with Crippen LogP contribution in [0.5, 0.6) is 0 Å². The lowest BCUT2D eigenvalue weighted by Crippen LogP contribution is -2.58. The third-order valence-corrected chi connectivity index (χ3v) is 4.96. The Morgan fingerprint density at radius 3 is 2.83 bits per heavy atom. The molecule has 0 saturated heterocycles. The average Bonchev–Trinajstić information content (AvgIpc) is 2.59.